The molecule has 1 unspecified atom stereocenters. The summed E-state index contributed by atoms with van der Waals surface area (Å²) in [7, 11) is 0. The van der Waals surface area contributed by atoms with Gasteiger partial charge in [-0.3, -0.25) is 4.79 Å². The van der Waals surface area contributed by atoms with Crippen molar-refractivity contribution < 1.29 is 9.53 Å². The summed E-state index contributed by atoms with van der Waals surface area (Å²) < 4.78 is 5.72. The van der Waals surface area contributed by atoms with Crippen LogP contribution in [0.15, 0.2) is 42.5 Å². The first-order chi connectivity index (χ1) is 11.2. The molecule has 0 radical (unpaired) electrons. The fourth-order valence-electron chi connectivity index (χ4n) is 2.55. The first-order valence-corrected chi connectivity index (χ1v) is 7.99. The zero-order valence-electron chi connectivity index (χ0n) is 13.7. The lowest BCUT2D eigenvalue weighted by molar-refractivity contribution is -0.133. The highest BCUT2D eigenvalue weighted by atomic mass is 16.5. The van der Waals surface area contributed by atoms with E-state index in [1.54, 1.807) is 4.90 Å². The third-order valence-electron chi connectivity index (χ3n) is 3.93. The van der Waals surface area contributed by atoms with Crippen LogP contribution in [0, 0.1) is 17.2 Å². The smallest absolute Gasteiger partial charge is 0.240 e. The number of amides is 1. The molecule has 0 heterocycles. The number of benzene rings is 2. The van der Waals surface area contributed by atoms with Gasteiger partial charge in [0.15, 0.2) is 0 Å². The van der Waals surface area contributed by atoms with Gasteiger partial charge < -0.3 is 9.64 Å². The maximum atomic E-state index is 12.2. The number of rotatable bonds is 7. The van der Waals surface area contributed by atoms with Crippen molar-refractivity contribution >= 4 is 16.7 Å². The van der Waals surface area contributed by atoms with Gasteiger partial charge in [-0.1, -0.05) is 30.3 Å². The summed E-state index contributed by atoms with van der Waals surface area (Å²) in [5.74, 6) is 0.00523. The number of nitriles is 1. The van der Waals surface area contributed by atoms with Crippen molar-refractivity contribution in [1.82, 2.24) is 4.90 Å². The Labute approximate surface area is 137 Å². The summed E-state index contributed by atoms with van der Waals surface area (Å²) in [6.45, 7) is 5.44. The topological polar surface area (TPSA) is 53.3 Å². The molecule has 2 aromatic carbocycles. The predicted octanol–water partition coefficient (Wildman–Crippen LogP) is 3.62. The molecule has 1 amide bonds. The molecule has 0 fully saturated rings. The molecule has 0 aliphatic rings. The van der Waals surface area contributed by atoms with E-state index in [1.165, 1.54) is 0 Å². The van der Waals surface area contributed by atoms with Gasteiger partial charge in [-0.2, -0.15) is 5.26 Å². The lowest BCUT2D eigenvalue weighted by Crippen LogP contribution is -2.36. The summed E-state index contributed by atoms with van der Waals surface area (Å²) in [6, 6.07) is 16.1. The fraction of sp³-hybridized carbons (Fsp3) is 0.368. The van der Waals surface area contributed by atoms with Crippen LogP contribution >= 0.6 is 0 Å². The molecule has 4 nitrogen and oxygen atoms in total. The van der Waals surface area contributed by atoms with Crippen LogP contribution in [0.1, 0.15) is 20.3 Å². The average Bonchev–Trinajstić information content (AvgIpc) is 2.59. The number of hydrogen-bond acceptors (Lipinski definition) is 3. The quantitative estimate of drug-likeness (QED) is 0.785. The van der Waals surface area contributed by atoms with E-state index in [9.17, 15) is 10.1 Å². The van der Waals surface area contributed by atoms with E-state index in [4.69, 9.17) is 4.74 Å². The Morgan fingerprint density at radius 3 is 2.52 bits per heavy atom. The zero-order chi connectivity index (χ0) is 16.7. The van der Waals surface area contributed by atoms with Crippen LogP contribution in [0.5, 0.6) is 5.75 Å². The lowest BCUT2D eigenvalue weighted by Gasteiger charge is -2.21. The Morgan fingerprint density at radius 1 is 1.17 bits per heavy atom. The number of hydrogen-bond donors (Lipinski definition) is 0. The first kappa shape index (κ1) is 16.8. The molecule has 4 heteroatoms. The third-order valence-corrected chi connectivity index (χ3v) is 3.93. The fourth-order valence-corrected chi connectivity index (χ4v) is 2.55. The van der Waals surface area contributed by atoms with Gasteiger partial charge in [-0.05, 0) is 36.8 Å². The zero-order valence-corrected chi connectivity index (χ0v) is 13.7. The highest BCUT2D eigenvalue weighted by Gasteiger charge is 2.22. The van der Waals surface area contributed by atoms with Crippen LogP contribution in [0.4, 0.5) is 0 Å². The predicted molar refractivity (Wildman–Crippen MR) is 91.1 cm³/mol. The van der Waals surface area contributed by atoms with Crippen molar-refractivity contribution in [2.24, 2.45) is 5.92 Å². The summed E-state index contributed by atoms with van der Waals surface area (Å²) >= 11 is 0. The normalized spacial score (nSPS) is 11.7. The summed E-state index contributed by atoms with van der Waals surface area (Å²) in [6.07, 6.45) is 0.401. The molecule has 0 bridgehead atoms. The Hall–Kier alpha value is -2.54. The minimum Gasteiger partial charge on any atom is -0.494 e. The second-order valence-electron chi connectivity index (χ2n) is 5.34. The van der Waals surface area contributed by atoms with Crippen LogP contribution in [-0.2, 0) is 4.79 Å². The molecule has 0 aliphatic heterocycles. The van der Waals surface area contributed by atoms with Gasteiger partial charge in [0.2, 0.25) is 5.91 Å². The van der Waals surface area contributed by atoms with Crippen molar-refractivity contribution in [2.45, 2.75) is 20.3 Å². The van der Waals surface area contributed by atoms with Gasteiger partial charge in [0.1, 0.15) is 11.7 Å². The van der Waals surface area contributed by atoms with E-state index >= 15 is 0 Å². The standard InChI is InChI=1S/C19H22N2O2/c1-3-21(4-2)19(22)17(14-20)11-12-23-18-10-9-15-7-5-6-8-16(15)13-18/h5-10,13,17H,3-4,11-12H2,1-2H3. The number of carbonyl (C=O) groups is 1. The molecule has 0 aliphatic carbocycles. The molecule has 1 atom stereocenters. The number of nitrogens with zero attached hydrogens (tertiary/aromatic N) is 2. The van der Waals surface area contributed by atoms with Gasteiger partial charge in [0, 0.05) is 19.5 Å². The maximum absolute atomic E-state index is 12.2. The van der Waals surface area contributed by atoms with E-state index in [0.29, 0.717) is 26.1 Å². The van der Waals surface area contributed by atoms with Crippen molar-refractivity contribution in [3.8, 4) is 11.8 Å². The molecule has 0 saturated carbocycles. The molecule has 120 valence electrons. The Morgan fingerprint density at radius 2 is 1.87 bits per heavy atom. The van der Waals surface area contributed by atoms with Gasteiger partial charge in [0.25, 0.3) is 0 Å². The van der Waals surface area contributed by atoms with Crippen LogP contribution in [0.2, 0.25) is 0 Å². The monoisotopic (exact) mass is 310 g/mol. The second kappa shape index (κ2) is 8.19. The van der Waals surface area contributed by atoms with E-state index < -0.39 is 5.92 Å². The third kappa shape index (κ3) is 4.23. The minimum atomic E-state index is -0.643. The first-order valence-electron chi connectivity index (χ1n) is 7.99. The number of carbonyl (C=O) groups excluding carboxylic acids is 1. The molecule has 2 rings (SSSR count). The Balaban J connectivity index is 1.94. The lowest BCUT2D eigenvalue weighted by atomic mass is 10.1. The van der Waals surface area contributed by atoms with Crippen LogP contribution in [0.25, 0.3) is 10.8 Å². The Kier molecular flexibility index (Phi) is 5.99. The van der Waals surface area contributed by atoms with Crippen LogP contribution in [0.3, 0.4) is 0 Å². The molecule has 0 spiro atoms. The summed E-state index contributed by atoms with van der Waals surface area (Å²) in [4.78, 5) is 13.9. The van der Waals surface area contributed by atoms with Crippen molar-refractivity contribution in [1.29, 1.82) is 5.26 Å². The number of ether oxygens (including phenoxy) is 1. The van der Waals surface area contributed by atoms with E-state index in [2.05, 4.69) is 6.07 Å². The van der Waals surface area contributed by atoms with Gasteiger partial charge >= 0.3 is 0 Å². The minimum absolute atomic E-state index is 0.111. The highest BCUT2D eigenvalue weighted by Crippen LogP contribution is 2.21. The Bertz CT molecular complexity index is 702. The molecule has 0 saturated heterocycles. The number of fused-ring (bicyclic) bond motifs is 1. The van der Waals surface area contributed by atoms with Crippen LogP contribution in [-0.4, -0.2) is 30.5 Å². The van der Waals surface area contributed by atoms with Gasteiger partial charge in [-0.15, -0.1) is 0 Å². The van der Waals surface area contributed by atoms with Crippen molar-refractivity contribution in [3.05, 3.63) is 42.5 Å². The molecule has 0 aromatic heterocycles. The SMILES string of the molecule is CCN(CC)C(=O)C(C#N)CCOc1ccc2ccccc2c1. The average molecular weight is 310 g/mol. The molecule has 0 N–H and O–H groups in total. The molecular formula is C19H22N2O2. The molecule has 2 aromatic rings. The summed E-state index contributed by atoms with van der Waals surface area (Å²) in [5.41, 5.74) is 0. The molecular weight excluding hydrogens is 288 g/mol. The van der Waals surface area contributed by atoms with E-state index in [1.807, 2.05) is 56.3 Å². The highest BCUT2D eigenvalue weighted by molar-refractivity contribution is 5.83. The van der Waals surface area contributed by atoms with E-state index in [-0.39, 0.29) is 5.91 Å². The van der Waals surface area contributed by atoms with E-state index in [0.717, 1.165) is 16.5 Å². The largest absolute Gasteiger partial charge is 0.494 e. The van der Waals surface area contributed by atoms with Gasteiger partial charge in [0.05, 0.1) is 12.7 Å². The van der Waals surface area contributed by atoms with Crippen molar-refractivity contribution in [2.75, 3.05) is 19.7 Å². The van der Waals surface area contributed by atoms with Gasteiger partial charge in [-0.25, -0.2) is 0 Å². The molecule has 23 heavy (non-hydrogen) atoms. The summed E-state index contributed by atoms with van der Waals surface area (Å²) in [5, 5.41) is 11.5. The van der Waals surface area contributed by atoms with Crippen LogP contribution < -0.4 is 4.74 Å². The maximum Gasteiger partial charge on any atom is 0.240 e. The second-order valence-corrected chi connectivity index (χ2v) is 5.34. The van der Waals surface area contributed by atoms with Crippen molar-refractivity contribution in [3.63, 3.8) is 0 Å².